The smallest absolute Gasteiger partial charge is 0.237 e. The second-order valence-electron chi connectivity index (χ2n) is 3.60. The molecule has 0 spiro atoms. The first-order chi connectivity index (χ1) is 6.29. The van der Waals surface area contributed by atoms with Gasteiger partial charge in [-0.3, -0.25) is 10.1 Å². The Kier molecular flexibility index (Phi) is 4.22. The van der Waals surface area contributed by atoms with E-state index in [4.69, 9.17) is 0 Å². The van der Waals surface area contributed by atoms with Gasteiger partial charge in [-0.2, -0.15) is 0 Å². The summed E-state index contributed by atoms with van der Waals surface area (Å²) < 4.78 is 0. The Hall–Kier alpha value is -0.570. The van der Waals surface area contributed by atoms with E-state index in [1.807, 2.05) is 4.90 Å². The van der Waals surface area contributed by atoms with Crippen LogP contribution in [0.2, 0.25) is 0 Å². The second-order valence-corrected chi connectivity index (χ2v) is 3.60. The molecule has 1 amide bonds. The van der Waals surface area contributed by atoms with Gasteiger partial charge in [0.25, 0.3) is 0 Å². The average Bonchev–Trinajstić information content (AvgIpc) is 2.48. The maximum absolute atomic E-state index is 11.4. The van der Waals surface area contributed by atoms with E-state index in [0.717, 1.165) is 19.4 Å². The van der Waals surface area contributed by atoms with Crippen LogP contribution >= 0.6 is 0 Å². The highest BCUT2D eigenvalue weighted by Gasteiger charge is 2.27. The number of hydrogen-bond donors (Lipinski definition) is 1. The molecule has 0 aromatic carbocycles. The number of nitrogens with zero attached hydrogens (tertiary/aromatic N) is 1. The standard InChI is InChI=1S/C10H20N2O/c1-3-5-6-7-12-9(4-2)11-8-10(12)13/h9,11H,3-8H2,1-2H3. The van der Waals surface area contributed by atoms with E-state index >= 15 is 0 Å². The Bertz CT molecular complexity index is 170. The van der Waals surface area contributed by atoms with E-state index in [0.29, 0.717) is 12.7 Å². The Morgan fingerprint density at radius 3 is 2.85 bits per heavy atom. The van der Waals surface area contributed by atoms with Crippen LogP contribution in [0.1, 0.15) is 39.5 Å². The van der Waals surface area contributed by atoms with Crippen LogP contribution in [-0.2, 0) is 4.79 Å². The van der Waals surface area contributed by atoms with Gasteiger partial charge in [0.15, 0.2) is 0 Å². The van der Waals surface area contributed by atoms with Crippen molar-refractivity contribution in [3.8, 4) is 0 Å². The van der Waals surface area contributed by atoms with Crippen molar-refractivity contribution in [3.05, 3.63) is 0 Å². The first-order valence-corrected chi connectivity index (χ1v) is 5.32. The molecule has 0 saturated carbocycles. The minimum Gasteiger partial charge on any atom is -0.326 e. The lowest BCUT2D eigenvalue weighted by atomic mass is 10.2. The van der Waals surface area contributed by atoms with Crippen molar-refractivity contribution in [2.45, 2.75) is 45.7 Å². The minimum atomic E-state index is 0.267. The molecular formula is C10H20N2O. The Labute approximate surface area is 80.5 Å². The molecule has 1 aliphatic heterocycles. The van der Waals surface area contributed by atoms with Gasteiger partial charge in [0.2, 0.25) is 5.91 Å². The molecule has 0 aliphatic carbocycles. The zero-order chi connectivity index (χ0) is 9.68. The highest BCUT2D eigenvalue weighted by molar-refractivity contribution is 5.80. The SMILES string of the molecule is CCCCCN1C(=O)CNC1CC. The van der Waals surface area contributed by atoms with Crippen LogP contribution in [-0.4, -0.2) is 30.1 Å². The largest absolute Gasteiger partial charge is 0.326 e. The number of unbranched alkanes of at least 4 members (excludes halogenated alkanes) is 2. The molecule has 1 fully saturated rings. The van der Waals surface area contributed by atoms with Crippen molar-refractivity contribution in [2.75, 3.05) is 13.1 Å². The summed E-state index contributed by atoms with van der Waals surface area (Å²) in [5, 5.41) is 3.21. The van der Waals surface area contributed by atoms with E-state index in [-0.39, 0.29) is 5.91 Å². The van der Waals surface area contributed by atoms with Gasteiger partial charge in [0.05, 0.1) is 12.7 Å². The zero-order valence-electron chi connectivity index (χ0n) is 8.68. The van der Waals surface area contributed by atoms with Crippen molar-refractivity contribution < 1.29 is 4.79 Å². The fourth-order valence-electron chi connectivity index (χ4n) is 1.77. The van der Waals surface area contributed by atoms with E-state index in [9.17, 15) is 4.79 Å². The van der Waals surface area contributed by atoms with Gasteiger partial charge in [-0.05, 0) is 12.8 Å². The topological polar surface area (TPSA) is 32.3 Å². The molecule has 0 aromatic heterocycles. The molecule has 13 heavy (non-hydrogen) atoms. The van der Waals surface area contributed by atoms with Gasteiger partial charge >= 0.3 is 0 Å². The lowest BCUT2D eigenvalue weighted by Gasteiger charge is -2.22. The maximum Gasteiger partial charge on any atom is 0.237 e. The summed E-state index contributed by atoms with van der Waals surface area (Å²) in [6.45, 7) is 5.76. The number of carbonyl (C=O) groups is 1. The fraction of sp³-hybridized carbons (Fsp3) is 0.900. The predicted molar refractivity (Wildman–Crippen MR) is 53.3 cm³/mol. The third kappa shape index (κ3) is 2.69. The summed E-state index contributed by atoms with van der Waals surface area (Å²) in [4.78, 5) is 13.4. The molecule has 1 rings (SSSR count). The molecule has 0 bridgehead atoms. The first-order valence-electron chi connectivity index (χ1n) is 5.32. The quantitative estimate of drug-likeness (QED) is 0.654. The van der Waals surface area contributed by atoms with E-state index in [2.05, 4.69) is 19.2 Å². The summed E-state index contributed by atoms with van der Waals surface area (Å²) in [5.74, 6) is 0.267. The molecule has 0 aromatic rings. The Balaban J connectivity index is 2.31. The van der Waals surface area contributed by atoms with Crippen LogP contribution in [0.4, 0.5) is 0 Å². The summed E-state index contributed by atoms with van der Waals surface area (Å²) >= 11 is 0. The lowest BCUT2D eigenvalue weighted by Crippen LogP contribution is -2.37. The molecular weight excluding hydrogens is 164 g/mol. The third-order valence-corrected chi connectivity index (χ3v) is 2.57. The van der Waals surface area contributed by atoms with Gasteiger partial charge in [0, 0.05) is 6.54 Å². The number of rotatable bonds is 5. The molecule has 76 valence electrons. The van der Waals surface area contributed by atoms with Gasteiger partial charge in [-0.1, -0.05) is 26.7 Å². The number of hydrogen-bond acceptors (Lipinski definition) is 2. The highest BCUT2D eigenvalue weighted by atomic mass is 16.2. The average molecular weight is 184 g/mol. The molecule has 1 atom stereocenters. The van der Waals surface area contributed by atoms with Crippen molar-refractivity contribution in [2.24, 2.45) is 0 Å². The van der Waals surface area contributed by atoms with Crippen LogP contribution in [0.25, 0.3) is 0 Å². The Morgan fingerprint density at radius 2 is 2.23 bits per heavy atom. The van der Waals surface area contributed by atoms with Gasteiger partial charge < -0.3 is 4.90 Å². The molecule has 0 radical (unpaired) electrons. The lowest BCUT2D eigenvalue weighted by molar-refractivity contribution is -0.128. The summed E-state index contributed by atoms with van der Waals surface area (Å²) in [6.07, 6.45) is 4.88. The Morgan fingerprint density at radius 1 is 1.46 bits per heavy atom. The van der Waals surface area contributed by atoms with Crippen molar-refractivity contribution in [1.82, 2.24) is 10.2 Å². The van der Waals surface area contributed by atoms with Crippen LogP contribution in [0.5, 0.6) is 0 Å². The molecule has 1 aliphatic rings. The summed E-state index contributed by atoms with van der Waals surface area (Å²) in [7, 11) is 0. The zero-order valence-corrected chi connectivity index (χ0v) is 8.68. The second kappa shape index (κ2) is 5.22. The van der Waals surface area contributed by atoms with Crippen molar-refractivity contribution in [1.29, 1.82) is 0 Å². The van der Waals surface area contributed by atoms with E-state index in [1.54, 1.807) is 0 Å². The maximum atomic E-state index is 11.4. The van der Waals surface area contributed by atoms with Crippen molar-refractivity contribution >= 4 is 5.91 Å². The van der Waals surface area contributed by atoms with Crippen LogP contribution in [0.3, 0.4) is 0 Å². The van der Waals surface area contributed by atoms with Crippen molar-refractivity contribution in [3.63, 3.8) is 0 Å². The van der Waals surface area contributed by atoms with Crippen LogP contribution in [0, 0.1) is 0 Å². The van der Waals surface area contributed by atoms with E-state index < -0.39 is 0 Å². The molecule has 3 nitrogen and oxygen atoms in total. The molecule has 1 N–H and O–H groups in total. The summed E-state index contributed by atoms with van der Waals surface area (Å²) in [5.41, 5.74) is 0. The third-order valence-electron chi connectivity index (χ3n) is 2.57. The van der Waals surface area contributed by atoms with Gasteiger partial charge in [0.1, 0.15) is 0 Å². The van der Waals surface area contributed by atoms with E-state index in [1.165, 1.54) is 12.8 Å². The summed E-state index contributed by atoms with van der Waals surface area (Å²) in [6, 6.07) is 0. The van der Waals surface area contributed by atoms with Crippen LogP contribution < -0.4 is 5.32 Å². The number of nitrogens with one attached hydrogen (secondary N) is 1. The van der Waals surface area contributed by atoms with Gasteiger partial charge in [-0.15, -0.1) is 0 Å². The fourth-order valence-corrected chi connectivity index (χ4v) is 1.77. The minimum absolute atomic E-state index is 0.267. The molecule has 1 heterocycles. The number of carbonyl (C=O) groups excluding carboxylic acids is 1. The molecule has 1 saturated heterocycles. The predicted octanol–water partition coefficient (Wildman–Crippen LogP) is 1.34. The molecule has 3 heteroatoms. The first kappa shape index (κ1) is 10.5. The van der Waals surface area contributed by atoms with Gasteiger partial charge in [-0.25, -0.2) is 0 Å². The highest BCUT2D eigenvalue weighted by Crippen LogP contribution is 2.09. The number of amides is 1. The van der Waals surface area contributed by atoms with Crippen LogP contribution in [0.15, 0.2) is 0 Å². The monoisotopic (exact) mass is 184 g/mol. The molecule has 1 unspecified atom stereocenters. The normalized spacial score (nSPS) is 22.8.